The second kappa shape index (κ2) is 7.76. The second-order valence-electron chi connectivity index (χ2n) is 8.53. The van der Waals surface area contributed by atoms with E-state index in [1.165, 1.54) is 6.92 Å². The summed E-state index contributed by atoms with van der Waals surface area (Å²) < 4.78 is 23.0. The number of carbonyl (C=O) groups is 1. The zero-order chi connectivity index (χ0) is 20.7. The van der Waals surface area contributed by atoms with Crippen molar-refractivity contribution in [3.63, 3.8) is 0 Å². The maximum atomic E-state index is 11.0. The molecule has 2 aliphatic rings. The Balaban J connectivity index is 1.72. The molecule has 0 spiro atoms. The molecule has 0 radical (unpaired) electrons. The molecule has 2 fully saturated rings. The van der Waals surface area contributed by atoms with Crippen molar-refractivity contribution < 1.29 is 33.8 Å². The molecule has 0 bridgehead atoms. The predicted octanol–water partition coefficient (Wildman–Crippen LogP) is 1.10. The molecule has 2 N–H and O–H groups in total. The van der Waals surface area contributed by atoms with Crippen LogP contribution in [0.15, 0.2) is 24.3 Å². The van der Waals surface area contributed by atoms with Gasteiger partial charge in [-0.3, -0.25) is 4.79 Å². The third-order valence-electron chi connectivity index (χ3n) is 5.81. The second-order valence-corrected chi connectivity index (χ2v) is 8.53. The summed E-state index contributed by atoms with van der Waals surface area (Å²) in [6.07, 6.45) is -3.00. The minimum atomic E-state index is -1.06. The fraction of sp³-hybridized carbons (Fsp3) is 0.650. The molecule has 2 aliphatic heterocycles. The first-order chi connectivity index (χ1) is 13.0. The van der Waals surface area contributed by atoms with E-state index in [1.807, 2.05) is 52.0 Å². The molecule has 0 saturated carbocycles. The summed E-state index contributed by atoms with van der Waals surface area (Å²) in [6.45, 7) is 9.36. The number of benzene rings is 1. The molecular formula is C20H29BO7. The molecule has 0 aromatic heterocycles. The first kappa shape index (κ1) is 21.3. The standard InChI is InChI=1S/C20H29BO7/c1-12(22)25-11-15-10-16(23)17(24)18(26-15)13-6-8-14(9-7-13)21-27-19(2,3)20(4,5)28-21/h6-9,15-18,23-24H,10-11H2,1-5H3/t15-,16-,17-,18+/m0/s1. The first-order valence-electron chi connectivity index (χ1n) is 9.60. The van der Waals surface area contributed by atoms with Gasteiger partial charge in [0.1, 0.15) is 18.8 Å². The number of hydrogen-bond acceptors (Lipinski definition) is 7. The fourth-order valence-electron chi connectivity index (χ4n) is 3.37. The van der Waals surface area contributed by atoms with Gasteiger partial charge in [0.15, 0.2) is 0 Å². The molecule has 2 heterocycles. The summed E-state index contributed by atoms with van der Waals surface area (Å²) in [5, 5.41) is 20.5. The molecule has 4 atom stereocenters. The van der Waals surface area contributed by atoms with E-state index in [1.54, 1.807) is 0 Å². The Bertz CT molecular complexity index is 687. The van der Waals surface area contributed by atoms with E-state index >= 15 is 0 Å². The number of carbonyl (C=O) groups excluding carboxylic acids is 1. The predicted molar refractivity (Wildman–Crippen MR) is 103 cm³/mol. The van der Waals surface area contributed by atoms with Gasteiger partial charge in [0.2, 0.25) is 0 Å². The molecule has 3 rings (SSSR count). The van der Waals surface area contributed by atoms with Crippen LogP contribution in [0.4, 0.5) is 0 Å². The number of aliphatic hydroxyl groups is 2. The summed E-state index contributed by atoms with van der Waals surface area (Å²) in [5.41, 5.74) is 0.740. The maximum absolute atomic E-state index is 11.0. The van der Waals surface area contributed by atoms with Gasteiger partial charge in [0.05, 0.1) is 23.4 Å². The third-order valence-corrected chi connectivity index (χ3v) is 5.81. The van der Waals surface area contributed by atoms with Crippen molar-refractivity contribution >= 4 is 18.6 Å². The van der Waals surface area contributed by atoms with Crippen LogP contribution in [-0.4, -0.2) is 59.4 Å². The molecule has 1 aromatic rings. The molecule has 154 valence electrons. The Kier molecular flexibility index (Phi) is 5.90. The van der Waals surface area contributed by atoms with Crippen LogP contribution in [0.3, 0.4) is 0 Å². The average molecular weight is 392 g/mol. The summed E-state index contributed by atoms with van der Waals surface area (Å²) in [5.74, 6) is -0.410. The Morgan fingerprint density at radius 3 is 2.25 bits per heavy atom. The van der Waals surface area contributed by atoms with E-state index in [4.69, 9.17) is 18.8 Å². The van der Waals surface area contributed by atoms with Crippen molar-refractivity contribution in [3.8, 4) is 0 Å². The zero-order valence-electron chi connectivity index (χ0n) is 17.0. The number of ether oxygens (including phenoxy) is 2. The smallest absolute Gasteiger partial charge is 0.463 e. The highest BCUT2D eigenvalue weighted by atomic mass is 16.7. The molecule has 7 nitrogen and oxygen atoms in total. The normalized spacial score (nSPS) is 31.6. The number of aliphatic hydroxyl groups excluding tert-OH is 2. The lowest BCUT2D eigenvalue weighted by Gasteiger charge is -2.37. The zero-order valence-corrected chi connectivity index (χ0v) is 17.0. The van der Waals surface area contributed by atoms with E-state index in [2.05, 4.69) is 0 Å². The van der Waals surface area contributed by atoms with Crippen LogP contribution in [0.2, 0.25) is 0 Å². The van der Waals surface area contributed by atoms with Crippen molar-refractivity contribution in [2.24, 2.45) is 0 Å². The minimum Gasteiger partial charge on any atom is -0.463 e. The summed E-state index contributed by atoms with van der Waals surface area (Å²) >= 11 is 0. The van der Waals surface area contributed by atoms with Gasteiger partial charge in [-0.15, -0.1) is 0 Å². The van der Waals surface area contributed by atoms with Crippen molar-refractivity contribution in [2.45, 2.75) is 76.7 Å². The van der Waals surface area contributed by atoms with E-state index in [9.17, 15) is 15.0 Å². The van der Waals surface area contributed by atoms with Gasteiger partial charge in [-0.2, -0.15) is 0 Å². The van der Waals surface area contributed by atoms with Gasteiger partial charge in [-0.05, 0) is 38.7 Å². The van der Waals surface area contributed by atoms with Gasteiger partial charge in [0.25, 0.3) is 0 Å². The lowest BCUT2D eigenvalue weighted by molar-refractivity contribution is -0.187. The molecule has 0 aliphatic carbocycles. The van der Waals surface area contributed by atoms with Crippen molar-refractivity contribution in [3.05, 3.63) is 29.8 Å². The SMILES string of the molecule is CC(=O)OC[C@@H]1C[C@H](O)[C@H](O)[C@@H](c2ccc(B3OC(C)(C)C(C)(C)O3)cc2)O1. The van der Waals surface area contributed by atoms with Gasteiger partial charge >= 0.3 is 13.1 Å². The average Bonchev–Trinajstić information content (AvgIpc) is 2.83. The highest BCUT2D eigenvalue weighted by molar-refractivity contribution is 6.62. The maximum Gasteiger partial charge on any atom is 0.494 e. The molecule has 8 heteroatoms. The van der Waals surface area contributed by atoms with E-state index in [-0.39, 0.29) is 13.0 Å². The van der Waals surface area contributed by atoms with Gasteiger partial charge in [-0.25, -0.2) is 0 Å². The highest BCUT2D eigenvalue weighted by Gasteiger charge is 2.51. The number of esters is 1. The highest BCUT2D eigenvalue weighted by Crippen LogP contribution is 2.37. The summed E-state index contributed by atoms with van der Waals surface area (Å²) in [4.78, 5) is 11.0. The van der Waals surface area contributed by atoms with Crippen LogP contribution in [-0.2, 0) is 23.6 Å². The number of rotatable bonds is 4. The quantitative estimate of drug-likeness (QED) is 0.585. The van der Waals surface area contributed by atoms with Crippen LogP contribution >= 0.6 is 0 Å². The Morgan fingerprint density at radius 1 is 1.14 bits per heavy atom. The molecule has 2 saturated heterocycles. The van der Waals surface area contributed by atoms with Crippen molar-refractivity contribution in [2.75, 3.05) is 6.61 Å². The molecule has 1 aromatic carbocycles. The van der Waals surface area contributed by atoms with E-state index in [0.717, 1.165) is 11.0 Å². The minimum absolute atomic E-state index is 0.0433. The molecule has 0 unspecified atom stereocenters. The van der Waals surface area contributed by atoms with Crippen molar-refractivity contribution in [1.29, 1.82) is 0 Å². The Hall–Kier alpha value is -1.45. The van der Waals surface area contributed by atoms with Crippen LogP contribution < -0.4 is 5.46 Å². The Morgan fingerprint density at radius 2 is 1.71 bits per heavy atom. The van der Waals surface area contributed by atoms with Crippen LogP contribution in [0.25, 0.3) is 0 Å². The van der Waals surface area contributed by atoms with Crippen molar-refractivity contribution in [1.82, 2.24) is 0 Å². The van der Waals surface area contributed by atoms with Gasteiger partial charge in [-0.1, -0.05) is 24.3 Å². The van der Waals surface area contributed by atoms with E-state index in [0.29, 0.717) is 0 Å². The summed E-state index contributed by atoms with van der Waals surface area (Å²) in [6, 6.07) is 7.40. The Labute approximate surface area is 166 Å². The van der Waals surface area contributed by atoms with Gasteiger partial charge < -0.3 is 29.0 Å². The largest absolute Gasteiger partial charge is 0.494 e. The molecule has 28 heavy (non-hydrogen) atoms. The van der Waals surface area contributed by atoms with Crippen LogP contribution in [0.1, 0.15) is 52.7 Å². The fourth-order valence-corrected chi connectivity index (χ4v) is 3.37. The molecule has 0 amide bonds. The first-order valence-corrected chi connectivity index (χ1v) is 9.60. The van der Waals surface area contributed by atoms with Gasteiger partial charge in [0, 0.05) is 13.3 Å². The lowest BCUT2D eigenvalue weighted by Crippen LogP contribution is -2.45. The third kappa shape index (κ3) is 4.26. The topological polar surface area (TPSA) is 94.5 Å². The van der Waals surface area contributed by atoms with Crippen LogP contribution in [0, 0.1) is 0 Å². The number of hydrogen-bond donors (Lipinski definition) is 2. The molecular weight excluding hydrogens is 363 g/mol. The monoisotopic (exact) mass is 392 g/mol. The van der Waals surface area contributed by atoms with E-state index < -0.39 is 48.7 Å². The summed E-state index contributed by atoms with van der Waals surface area (Å²) in [7, 11) is -0.474. The lowest BCUT2D eigenvalue weighted by atomic mass is 9.78. The van der Waals surface area contributed by atoms with Crippen LogP contribution in [0.5, 0.6) is 0 Å².